The fourth-order valence-corrected chi connectivity index (χ4v) is 11.1. The predicted molar refractivity (Wildman–Crippen MR) is 167 cm³/mol. The molecule has 260 valence electrons. The molecule has 0 N–H and O–H groups in total. The third-order valence-electron chi connectivity index (χ3n) is 13.6. The minimum atomic E-state index is -0.833. The van der Waals surface area contributed by atoms with Crippen LogP contribution in [0.15, 0.2) is 5.16 Å². The molecular weight excluding hydrogens is 590 g/mol. The van der Waals surface area contributed by atoms with Gasteiger partial charge < -0.3 is 23.8 Å². The monoisotopic (exact) mass is 647 g/mol. The van der Waals surface area contributed by atoms with Crippen LogP contribution in [0.4, 0.5) is 0 Å². The Hall–Kier alpha value is -0.850. The van der Waals surface area contributed by atoms with Crippen LogP contribution in [0.2, 0.25) is 0 Å². The van der Waals surface area contributed by atoms with Crippen molar-refractivity contribution in [2.45, 2.75) is 173 Å². The fourth-order valence-electron chi connectivity index (χ4n) is 11.1. The second-order valence-corrected chi connectivity index (χ2v) is 17.8. The molecule has 10 aliphatic rings. The molecule has 0 aromatic rings. The van der Waals surface area contributed by atoms with Crippen molar-refractivity contribution < 1.29 is 43.3 Å². The van der Waals surface area contributed by atoms with Gasteiger partial charge in [0.2, 0.25) is 11.6 Å². The van der Waals surface area contributed by atoms with E-state index in [1.165, 1.54) is 6.42 Å². The van der Waals surface area contributed by atoms with Crippen LogP contribution in [0, 0.1) is 47.3 Å². The molecule has 8 aliphatic heterocycles. The van der Waals surface area contributed by atoms with Crippen molar-refractivity contribution in [3.05, 3.63) is 0 Å². The number of nitrogens with zero attached hydrogens (tertiary/aromatic N) is 1. The molecular formula is C36H57NO9. The van der Waals surface area contributed by atoms with Crippen LogP contribution in [0.5, 0.6) is 0 Å². The first kappa shape index (κ1) is 32.4. The third-order valence-corrected chi connectivity index (χ3v) is 13.6. The van der Waals surface area contributed by atoms with E-state index in [2.05, 4.69) is 27.7 Å². The second kappa shape index (κ2) is 10.8. The lowest BCUT2D eigenvalue weighted by atomic mass is 9.56. The van der Waals surface area contributed by atoms with Crippen molar-refractivity contribution in [1.82, 2.24) is 0 Å². The Kier molecular flexibility index (Phi) is 7.61. The van der Waals surface area contributed by atoms with E-state index < -0.39 is 41.0 Å². The van der Waals surface area contributed by atoms with Crippen molar-refractivity contribution in [1.29, 1.82) is 0 Å². The molecule has 10 heteroatoms. The van der Waals surface area contributed by atoms with Crippen molar-refractivity contribution >= 4 is 5.71 Å². The molecule has 2 saturated carbocycles. The topological polar surface area (TPSA) is 95.4 Å². The summed E-state index contributed by atoms with van der Waals surface area (Å²) in [6, 6.07) is 0. The van der Waals surface area contributed by atoms with E-state index in [1.807, 2.05) is 34.6 Å². The highest BCUT2D eigenvalue weighted by molar-refractivity contribution is 5.89. The summed E-state index contributed by atoms with van der Waals surface area (Å²) in [5, 5.41) is 4.92. The Labute approximate surface area is 274 Å². The van der Waals surface area contributed by atoms with E-state index >= 15 is 0 Å². The molecule has 0 aromatic heterocycles. The number of rotatable bonds is 4. The molecule has 10 nitrogen and oxygen atoms in total. The largest absolute Gasteiger partial charge is 0.390 e. The number of fused-ring (bicyclic) bond motifs is 4. The van der Waals surface area contributed by atoms with E-state index in [9.17, 15) is 0 Å². The average Bonchev–Trinajstić information content (AvgIpc) is 3.37. The summed E-state index contributed by atoms with van der Waals surface area (Å²) in [5.74, 6) is 0.738. The Morgan fingerprint density at radius 2 is 1.20 bits per heavy atom. The second-order valence-electron chi connectivity index (χ2n) is 17.8. The average molecular weight is 648 g/mol. The molecule has 0 aromatic carbocycles. The summed E-state index contributed by atoms with van der Waals surface area (Å²) in [7, 11) is 0. The minimum absolute atomic E-state index is 0.106. The highest BCUT2D eigenvalue weighted by atomic mass is 17.3. The van der Waals surface area contributed by atoms with Gasteiger partial charge in [0, 0.05) is 31.1 Å². The van der Waals surface area contributed by atoms with Gasteiger partial charge >= 0.3 is 0 Å². The smallest absolute Gasteiger partial charge is 0.201 e. The summed E-state index contributed by atoms with van der Waals surface area (Å²) in [6.45, 7) is 19.3. The van der Waals surface area contributed by atoms with Gasteiger partial charge in [-0.2, -0.15) is 0 Å². The van der Waals surface area contributed by atoms with Crippen LogP contribution in [-0.2, 0) is 43.3 Å². The van der Waals surface area contributed by atoms with E-state index in [-0.39, 0.29) is 35.9 Å². The first-order chi connectivity index (χ1) is 21.7. The quantitative estimate of drug-likeness (QED) is 0.181. The number of hydrogen-bond acceptors (Lipinski definition) is 10. The normalized spacial score (nSPS) is 56.4. The molecule has 4 bridgehead atoms. The lowest BCUT2D eigenvalue weighted by Crippen LogP contribution is -2.71. The molecule has 10 fully saturated rings. The van der Waals surface area contributed by atoms with Gasteiger partial charge in [-0.3, -0.25) is 0 Å². The molecule has 10 rings (SSSR count). The molecule has 2 spiro atoms. The van der Waals surface area contributed by atoms with E-state index in [0.717, 1.165) is 50.7 Å². The van der Waals surface area contributed by atoms with E-state index in [1.54, 1.807) is 0 Å². The predicted octanol–water partition coefficient (Wildman–Crippen LogP) is 7.05. The summed E-state index contributed by atoms with van der Waals surface area (Å²) < 4.78 is 27.5. The molecule has 8 saturated heterocycles. The van der Waals surface area contributed by atoms with E-state index in [0.29, 0.717) is 30.1 Å². The van der Waals surface area contributed by atoms with Gasteiger partial charge in [0.05, 0.1) is 11.8 Å². The Balaban J connectivity index is 1.13. The summed E-state index contributed by atoms with van der Waals surface area (Å²) in [4.78, 5) is 31.2. The minimum Gasteiger partial charge on any atom is -0.390 e. The molecule has 0 unspecified atom stereocenters. The van der Waals surface area contributed by atoms with Crippen LogP contribution in [0.3, 0.4) is 0 Å². The molecule has 16 atom stereocenters. The van der Waals surface area contributed by atoms with Crippen molar-refractivity contribution in [2.75, 3.05) is 0 Å². The summed E-state index contributed by atoms with van der Waals surface area (Å²) in [6.07, 6.45) is 7.03. The zero-order valence-corrected chi connectivity index (χ0v) is 29.4. The molecule has 2 aliphatic carbocycles. The lowest BCUT2D eigenvalue weighted by Gasteiger charge is -2.61. The molecule has 0 amide bonds. The molecule has 46 heavy (non-hydrogen) atoms. The molecule has 8 heterocycles. The third kappa shape index (κ3) is 4.74. The van der Waals surface area contributed by atoms with Gasteiger partial charge in [-0.1, -0.05) is 32.9 Å². The van der Waals surface area contributed by atoms with Crippen LogP contribution in [-0.4, -0.2) is 58.9 Å². The van der Waals surface area contributed by atoms with Crippen molar-refractivity contribution in [3.63, 3.8) is 0 Å². The van der Waals surface area contributed by atoms with Gasteiger partial charge in [-0.15, -0.1) is 0 Å². The first-order valence-corrected chi connectivity index (χ1v) is 18.3. The van der Waals surface area contributed by atoms with Gasteiger partial charge in [0.1, 0.15) is 11.7 Å². The highest BCUT2D eigenvalue weighted by Gasteiger charge is 2.71. The highest BCUT2D eigenvalue weighted by Crippen LogP contribution is 2.63. The van der Waals surface area contributed by atoms with Gasteiger partial charge in [0.25, 0.3) is 0 Å². The van der Waals surface area contributed by atoms with Crippen LogP contribution in [0.1, 0.15) is 120 Å². The van der Waals surface area contributed by atoms with Gasteiger partial charge in [0.15, 0.2) is 23.8 Å². The first-order valence-electron chi connectivity index (χ1n) is 18.3. The van der Waals surface area contributed by atoms with Crippen LogP contribution in [0.25, 0.3) is 0 Å². The molecule has 0 radical (unpaired) electrons. The number of ether oxygens (including phenoxy) is 4. The Morgan fingerprint density at radius 3 is 1.74 bits per heavy atom. The van der Waals surface area contributed by atoms with Crippen LogP contribution < -0.4 is 0 Å². The summed E-state index contributed by atoms with van der Waals surface area (Å²) in [5.41, 5.74) is -0.832. The van der Waals surface area contributed by atoms with Crippen LogP contribution >= 0.6 is 0 Å². The Bertz CT molecular complexity index is 1220. The number of oxime groups is 1. The van der Waals surface area contributed by atoms with Gasteiger partial charge in [-0.05, 0) is 109 Å². The zero-order valence-electron chi connectivity index (χ0n) is 29.4. The summed E-state index contributed by atoms with van der Waals surface area (Å²) >= 11 is 0. The number of hydrogen-bond donors (Lipinski definition) is 0. The maximum atomic E-state index is 7.08. The lowest BCUT2D eigenvalue weighted by molar-refractivity contribution is -0.571. The zero-order chi connectivity index (χ0) is 32.4. The standard InChI is InChI=1S/C36H57NO9/c1-19-10-12-25-21(3)28(38-30-35(25)23(19)14-16-33(8,40-30)43-45-35)18-27(37-42-32(5,6)7)29-22(4)26-13-11-20(2)24-15-17-34(9)41-31(39-29)36(24,26)46-44-34/h19-26,28-31H,10-18H2,1-9H3/b37-27-/t19-,20-,21-,22-,23+,24+,25+,26+,28-,29+,30-,31-,33+,34+,35-,36-/m1/s1. The van der Waals surface area contributed by atoms with Gasteiger partial charge in [-0.25, -0.2) is 19.6 Å². The SMILES string of the molecule is C[C@H]1[C@@H](/C(C[C@H]2O[C@@H]3O[C@]4(C)CC[C@H]5[C@H](C)CC[C@@H]([C@H]2C)[C@@]35OO4)=N\OC(C)(C)C)O[C@@H]2O[C@]3(C)CC[C@H]4[C@H](C)CC[C@@H]1[C@@]24OO3. The Morgan fingerprint density at radius 1 is 0.674 bits per heavy atom. The van der Waals surface area contributed by atoms with Crippen molar-refractivity contribution in [3.8, 4) is 0 Å². The fraction of sp³-hybridized carbons (Fsp3) is 0.972. The maximum absolute atomic E-state index is 7.08. The maximum Gasteiger partial charge on any atom is 0.201 e. The van der Waals surface area contributed by atoms with E-state index in [4.69, 9.17) is 48.5 Å². The van der Waals surface area contributed by atoms with Crippen molar-refractivity contribution in [2.24, 2.45) is 52.5 Å².